The molecule has 1 aliphatic carbocycles. The molecule has 0 unspecified atom stereocenters. The third-order valence-corrected chi connectivity index (χ3v) is 2.70. The van der Waals surface area contributed by atoms with Crippen LogP contribution in [-0.4, -0.2) is 14.7 Å². The van der Waals surface area contributed by atoms with Gasteiger partial charge in [0.2, 0.25) is 0 Å². The number of aryl methyl sites for hydroxylation is 1. The third kappa shape index (κ3) is 1.49. The van der Waals surface area contributed by atoms with E-state index in [0.717, 1.165) is 31.4 Å². The van der Waals surface area contributed by atoms with Crippen LogP contribution in [0.4, 0.5) is 5.82 Å². The maximum atomic E-state index is 10.7. The predicted octanol–water partition coefficient (Wildman–Crippen LogP) is 2.21. The lowest BCUT2D eigenvalue weighted by atomic mass is 10.2. The van der Waals surface area contributed by atoms with E-state index in [-0.39, 0.29) is 16.8 Å². The van der Waals surface area contributed by atoms with Crippen LogP contribution in [0.25, 0.3) is 0 Å². The number of nitro groups is 1. The molecule has 14 heavy (non-hydrogen) atoms. The van der Waals surface area contributed by atoms with E-state index >= 15 is 0 Å². The van der Waals surface area contributed by atoms with Gasteiger partial charge in [-0.3, -0.25) is 0 Å². The van der Waals surface area contributed by atoms with Gasteiger partial charge in [0, 0.05) is 0 Å². The van der Waals surface area contributed by atoms with Gasteiger partial charge in [0.05, 0.1) is 11.8 Å². The second-order valence-electron chi connectivity index (χ2n) is 3.78. The summed E-state index contributed by atoms with van der Waals surface area (Å²) in [4.78, 5) is 10.4. The Hall–Kier alpha value is -1.39. The summed E-state index contributed by atoms with van der Waals surface area (Å²) in [7, 11) is 0. The molecule has 1 saturated carbocycles. The Labute approximate surface area is 81.9 Å². The summed E-state index contributed by atoms with van der Waals surface area (Å²) < 4.78 is 1.59. The number of aromatic nitrogens is 2. The molecule has 0 N–H and O–H groups in total. The first-order valence-electron chi connectivity index (χ1n) is 4.89. The molecule has 0 radical (unpaired) electrons. The van der Waals surface area contributed by atoms with Gasteiger partial charge in [0.15, 0.2) is 0 Å². The molecule has 0 spiro atoms. The molecular weight excluding hydrogens is 182 g/mol. The van der Waals surface area contributed by atoms with Crippen LogP contribution in [0.1, 0.15) is 37.4 Å². The van der Waals surface area contributed by atoms with Gasteiger partial charge in [0.25, 0.3) is 0 Å². The molecular formula is C9H13N3O2. The van der Waals surface area contributed by atoms with Crippen LogP contribution >= 0.6 is 0 Å². The molecule has 5 nitrogen and oxygen atoms in total. The Kier molecular flexibility index (Phi) is 2.23. The Morgan fingerprint density at radius 2 is 2.21 bits per heavy atom. The number of hydrogen-bond acceptors (Lipinski definition) is 3. The number of hydrogen-bond donors (Lipinski definition) is 0. The minimum absolute atomic E-state index is 0.134. The minimum Gasteiger partial charge on any atom is -0.358 e. The van der Waals surface area contributed by atoms with E-state index in [1.165, 1.54) is 0 Å². The van der Waals surface area contributed by atoms with Crippen LogP contribution in [0.15, 0.2) is 6.07 Å². The first-order chi connectivity index (χ1) is 6.68. The molecule has 1 fully saturated rings. The standard InChI is InChI=1S/C9H13N3O2/c1-7-6-9(12(13)14)11(10-7)8-4-2-3-5-8/h6,8H,2-5H2,1H3. The molecule has 1 aromatic heterocycles. The summed E-state index contributed by atoms with van der Waals surface area (Å²) in [6.07, 6.45) is 4.34. The fourth-order valence-corrected chi connectivity index (χ4v) is 2.06. The van der Waals surface area contributed by atoms with Crippen molar-refractivity contribution in [3.63, 3.8) is 0 Å². The summed E-state index contributed by atoms with van der Waals surface area (Å²) in [5.41, 5.74) is 0.726. The molecule has 0 amide bonds. The lowest BCUT2D eigenvalue weighted by molar-refractivity contribution is -0.393. The van der Waals surface area contributed by atoms with Gasteiger partial charge >= 0.3 is 5.82 Å². The highest BCUT2D eigenvalue weighted by Crippen LogP contribution is 2.32. The summed E-state index contributed by atoms with van der Waals surface area (Å²) in [6, 6.07) is 1.78. The summed E-state index contributed by atoms with van der Waals surface area (Å²) in [5.74, 6) is 0.134. The van der Waals surface area contributed by atoms with E-state index in [4.69, 9.17) is 0 Å². The maximum absolute atomic E-state index is 10.7. The van der Waals surface area contributed by atoms with Crippen molar-refractivity contribution in [1.29, 1.82) is 0 Å². The van der Waals surface area contributed by atoms with Crippen LogP contribution in [-0.2, 0) is 0 Å². The zero-order valence-corrected chi connectivity index (χ0v) is 8.14. The van der Waals surface area contributed by atoms with E-state index in [2.05, 4.69) is 5.10 Å². The van der Waals surface area contributed by atoms with Crippen molar-refractivity contribution in [2.24, 2.45) is 0 Å². The van der Waals surface area contributed by atoms with Gasteiger partial charge in [-0.2, -0.15) is 0 Å². The summed E-state index contributed by atoms with van der Waals surface area (Å²) >= 11 is 0. The van der Waals surface area contributed by atoms with Gasteiger partial charge < -0.3 is 10.1 Å². The van der Waals surface area contributed by atoms with Gasteiger partial charge in [0.1, 0.15) is 6.04 Å². The molecule has 0 aliphatic heterocycles. The van der Waals surface area contributed by atoms with E-state index in [1.807, 2.05) is 0 Å². The highest BCUT2D eigenvalue weighted by Gasteiger charge is 2.27. The molecule has 2 rings (SSSR count). The van der Waals surface area contributed by atoms with Crippen LogP contribution in [0, 0.1) is 17.0 Å². The molecule has 5 heteroatoms. The Morgan fingerprint density at radius 1 is 1.57 bits per heavy atom. The molecule has 1 aliphatic rings. The molecule has 0 atom stereocenters. The molecule has 0 aromatic carbocycles. The molecule has 0 bridgehead atoms. The average molecular weight is 195 g/mol. The van der Waals surface area contributed by atoms with Crippen molar-refractivity contribution in [2.45, 2.75) is 38.6 Å². The zero-order valence-electron chi connectivity index (χ0n) is 8.14. The average Bonchev–Trinajstić information content (AvgIpc) is 2.70. The van der Waals surface area contributed by atoms with Crippen LogP contribution in [0.2, 0.25) is 0 Å². The van der Waals surface area contributed by atoms with Crippen LogP contribution in [0.5, 0.6) is 0 Å². The first-order valence-corrected chi connectivity index (χ1v) is 4.89. The zero-order chi connectivity index (χ0) is 10.1. The second-order valence-corrected chi connectivity index (χ2v) is 3.78. The number of nitrogens with zero attached hydrogens (tertiary/aromatic N) is 3. The van der Waals surface area contributed by atoms with E-state index in [9.17, 15) is 10.1 Å². The summed E-state index contributed by atoms with van der Waals surface area (Å²) in [5, 5.41) is 14.9. The predicted molar refractivity (Wildman–Crippen MR) is 51.1 cm³/mol. The van der Waals surface area contributed by atoms with E-state index in [0.29, 0.717) is 0 Å². The summed E-state index contributed by atoms with van der Waals surface area (Å²) in [6.45, 7) is 1.79. The van der Waals surface area contributed by atoms with E-state index in [1.54, 1.807) is 17.7 Å². The second kappa shape index (κ2) is 3.40. The maximum Gasteiger partial charge on any atom is 0.345 e. The highest BCUT2D eigenvalue weighted by atomic mass is 16.6. The fourth-order valence-electron chi connectivity index (χ4n) is 2.06. The lowest BCUT2D eigenvalue weighted by Crippen LogP contribution is -2.09. The van der Waals surface area contributed by atoms with Crippen molar-refractivity contribution in [1.82, 2.24) is 9.78 Å². The first kappa shape index (κ1) is 9.18. The van der Waals surface area contributed by atoms with Crippen molar-refractivity contribution < 1.29 is 4.92 Å². The van der Waals surface area contributed by atoms with Crippen molar-refractivity contribution in [3.05, 3.63) is 21.9 Å². The van der Waals surface area contributed by atoms with Crippen LogP contribution < -0.4 is 0 Å². The molecule has 76 valence electrons. The van der Waals surface area contributed by atoms with Gasteiger partial charge in [-0.05, 0) is 37.5 Å². The fraction of sp³-hybridized carbons (Fsp3) is 0.667. The quantitative estimate of drug-likeness (QED) is 0.537. The Bertz CT molecular complexity index is 353. The topological polar surface area (TPSA) is 61.0 Å². The van der Waals surface area contributed by atoms with Crippen LogP contribution in [0.3, 0.4) is 0 Å². The van der Waals surface area contributed by atoms with Crippen molar-refractivity contribution in [3.8, 4) is 0 Å². The minimum atomic E-state index is -0.349. The van der Waals surface area contributed by atoms with Gasteiger partial charge in [-0.1, -0.05) is 5.10 Å². The molecule has 0 saturated heterocycles. The third-order valence-electron chi connectivity index (χ3n) is 2.70. The largest absolute Gasteiger partial charge is 0.358 e. The van der Waals surface area contributed by atoms with Crippen molar-refractivity contribution in [2.75, 3.05) is 0 Å². The van der Waals surface area contributed by atoms with Gasteiger partial charge in [-0.15, -0.1) is 4.68 Å². The number of rotatable bonds is 2. The highest BCUT2D eigenvalue weighted by molar-refractivity contribution is 5.23. The smallest absolute Gasteiger partial charge is 0.345 e. The monoisotopic (exact) mass is 195 g/mol. The molecule has 1 aromatic rings. The SMILES string of the molecule is Cc1cc([N+](=O)[O-])n(C2CCCC2)n1. The van der Waals surface area contributed by atoms with E-state index < -0.39 is 0 Å². The normalized spacial score (nSPS) is 17.5. The Balaban J connectivity index is 2.35. The Morgan fingerprint density at radius 3 is 2.79 bits per heavy atom. The lowest BCUT2D eigenvalue weighted by Gasteiger charge is -2.05. The van der Waals surface area contributed by atoms with Crippen molar-refractivity contribution >= 4 is 5.82 Å². The van der Waals surface area contributed by atoms with Gasteiger partial charge in [-0.25, -0.2) is 0 Å². The molecule has 1 heterocycles.